The maximum atomic E-state index is 13.3. The van der Waals surface area contributed by atoms with Crippen LogP contribution in [0.5, 0.6) is 0 Å². The lowest BCUT2D eigenvalue weighted by atomic mass is 10.2. The number of amides is 1. The lowest BCUT2D eigenvalue weighted by Crippen LogP contribution is -2.32. The van der Waals surface area contributed by atoms with Crippen molar-refractivity contribution in [2.45, 2.75) is 13.5 Å². The quantitative estimate of drug-likeness (QED) is 0.492. The fraction of sp³-hybridized carbons (Fsp3) is 0.143. The van der Waals surface area contributed by atoms with Gasteiger partial charge in [0.2, 0.25) is 0 Å². The van der Waals surface area contributed by atoms with E-state index in [1.54, 1.807) is 17.4 Å². The molecule has 4 aromatic rings. The normalized spacial score (nSPS) is 10.9. The summed E-state index contributed by atoms with van der Waals surface area (Å²) in [6, 6.07) is 12.6. The highest BCUT2D eigenvalue weighted by atomic mass is 32.1. The van der Waals surface area contributed by atoms with Crippen LogP contribution in [0.3, 0.4) is 0 Å². The molecule has 1 aromatic carbocycles. The average molecular weight is 441 g/mol. The summed E-state index contributed by atoms with van der Waals surface area (Å²) in [4.78, 5) is 30.9. The molecule has 0 radical (unpaired) electrons. The van der Waals surface area contributed by atoms with Crippen molar-refractivity contribution in [2.75, 3.05) is 6.54 Å². The molecule has 0 unspecified atom stereocenters. The predicted molar refractivity (Wildman–Crippen MR) is 116 cm³/mol. The van der Waals surface area contributed by atoms with Gasteiger partial charge in [-0.1, -0.05) is 12.1 Å². The minimum absolute atomic E-state index is 0.188. The van der Waals surface area contributed by atoms with Gasteiger partial charge in [0.1, 0.15) is 16.5 Å². The van der Waals surface area contributed by atoms with E-state index in [0.29, 0.717) is 5.69 Å². The molecule has 0 saturated heterocycles. The van der Waals surface area contributed by atoms with E-state index in [1.807, 2.05) is 24.4 Å². The highest BCUT2D eigenvalue weighted by Gasteiger charge is 2.14. The number of carbonyl (C=O) groups is 1. The highest BCUT2D eigenvalue weighted by molar-refractivity contribution is 7.23. The van der Waals surface area contributed by atoms with Gasteiger partial charge in [0.15, 0.2) is 0 Å². The molecule has 0 spiro atoms. The average Bonchev–Trinajstić information content (AvgIpc) is 3.39. The zero-order valence-electron chi connectivity index (χ0n) is 16.0. The molecule has 0 aliphatic rings. The summed E-state index contributed by atoms with van der Waals surface area (Å²) in [5, 5.41) is 10.0. The molecule has 0 bridgehead atoms. The van der Waals surface area contributed by atoms with Crippen molar-refractivity contribution < 1.29 is 9.18 Å². The summed E-state index contributed by atoms with van der Waals surface area (Å²) >= 11 is 3.15. The van der Waals surface area contributed by atoms with E-state index in [-0.39, 0.29) is 24.2 Å². The largest absolute Gasteiger partial charge is 0.350 e. The molecule has 0 atom stereocenters. The number of rotatable bonds is 6. The van der Waals surface area contributed by atoms with Gasteiger partial charge >= 0.3 is 0 Å². The fourth-order valence-corrected chi connectivity index (χ4v) is 4.71. The Labute approximate surface area is 179 Å². The number of hydrogen-bond acceptors (Lipinski definition) is 6. The van der Waals surface area contributed by atoms with Crippen LogP contribution in [0.2, 0.25) is 0 Å². The van der Waals surface area contributed by atoms with Gasteiger partial charge in [-0.3, -0.25) is 9.59 Å². The third-order valence-corrected chi connectivity index (χ3v) is 6.54. The Bertz CT molecular complexity index is 1250. The molecule has 0 fully saturated rings. The number of thiazole rings is 1. The van der Waals surface area contributed by atoms with Gasteiger partial charge in [-0.25, -0.2) is 14.1 Å². The van der Waals surface area contributed by atoms with E-state index >= 15 is 0 Å². The van der Waals surface area contributed by atoms with Crippen molar-refractivity contribution in [1.29, 1.82) is 0 Å². The zero-order valence-corrected chi connectivity index (χ0v) is 17.6. The van der Waals surface area contributed by atoms with Crippen molar-refractivity contribution in [3.05, 3.63) is 81.3 Å². The van der Waals surface area contributed by atoms with Gasteiger partial charge in [-0.15, -0.1) is 22.7 Å². The highest BCUT2D eigenvalue weighted by Crippen LogP contribution is 2.35. The van der Waals surface area contributed by atoms with Crippen LogP contribution >= 0.6 is 22.7 Å². The standard InChI is InChI=1S/C21H17FN4O2S2/c1-13-19(30-21(24-13)17-6-3-11-29-17)16-7-8-18(27)26(25-16)10-9-23-20(28)14-4-2-5-15(22)12-14/h2-8,11-12H,9-10H2,1H3,(H,23,28). The molecule has 1 N–H and O–H groups in total. The van der Waals surface area contributed by atoms with Crippen molar-refractivity contribution in [2.24, 2.45) is 0 Å². The number of benzene rings is 1. The lowest BCUT2D eigenvalue weighted by molar-refractivity contribution is 0.0951. The molecule has 3 aromatic heterocycles. The SMILES string of the molecule is Cc1nc(-c2cccs2)sc1-c1ccc(=O)n(CCNC(=O)c2cccc(F)c2)n1. The van der Waals surface area contributed by atoms with E-state index < -0.39 is 11.7 Å². The van der Waals surface area contributed by atoms with Crippen LogP contribution in [0.25, 0.3) is 20.5 Å². The summed E-state index contributed by atoms with van der Waals surface area (Å²) in [6.07, 6.45) is 0. The molecule has 152 valence electrons. The monoisotopic (exact) mass is 440 g/mol. The van der Waals surface area contributed by atoms with E-state index in [2.05, 4.69) is 15.4 Å². The van der Waals surface area contributed by atoms with E-state index in [4.69, 9.17) is 0 Å². The molecular weight excluding hydrogens is 423 g/mol. The van der Waals surface area contributed by atoms with Gasteiger partial charge in [0, 0.05) is 18.2 Å². The summed E-state index contributed by atoms with van der Waals surface area (Å²) in [5.74, 6) is -0.882. The van der Waals surface area contributed by atoms with Crippen LogP contribution < -0.4 is 10.9 Å². The first-order valence-electron chi connectivity index (χ1n) is 9.15. The van der Waals surface area contributed by atoms with Crippen LogP contribution in [0.4, 0.5) is 4.39 Å². The van der Waals surface area contributed by atoms with Gasteiger partial charge in [-0.2, -0.15) is 5.10 Å². The first-order chi connectivity index (χ1) is 14.5. The van der Waals surface area contributed by atoms with Gasteiger partial charge in [0.05, 0.1) is 22.0 Å². The maximum absolute atomic E-state index is 13.3. The third-order valence-electron chi connectivity index (χ3n) is 4.32. The summed E-state index contributed by atoms with van der Waals surface area (Å²) in [6.45, 7) is 2.30. The Morgan fingerprint density at radius 1 is 1.20 bits per heavy atom. The number of hydrogen-bond donors (Lipinski definition) is 1. The molecule has 1 amide bonds. The van der Waals surface area contributed by atoms with E-state index in [0.717, 1.165) is 26.5 Å². The first-order valence-corrected chi connectivity index (χ1v) is 10.8. The second kappa shape index (κ2) is 8.68. The molecular formula is C21H17FN4O2S2. The van der Waals surface area contributed by atoms with Gasteiger partial charge in [-0.05, 0) is 42.6 Å². The Morgan fingerprint density at radius 3 is 2.83 bits per heavy atom. The second-order valence-corrected chi connectivity index (χ2v) is 8.40. The lowest BCUT2D eigenvalue weighted by Gasteiger charge is -2.08. The topological polar surface area (TPSA) is 76.9 Å². The maximum Gasteiger partial charge on any atom is 0.266 e. The molecule has 9 heteroatoms. The van der Waals surface area contributed by atoms with E-state index in [1.165, 1.54) is 40.3 Å². The number of halogens is 1. The summed E-state index contributed by atoms with van der Waals surface area (Å²) < 4.78 is 14.6. The van der Waals surface area contributed by atoms with Crippen LogP contribution in [-0.2, 0) is 6.54 Å². The van der Waals surface area contributed by atoms with Gasteiger partial charge < -0.3 is 5.32 Å². The Morgan fingerprint density at radius 2 is 2.07 bits per heavy atom. The van der Waals surface area contributed by atoms with Crippen LogP contribution in [0.15, 0.2) is 58.7 Å². The first kappa shape index (κ1) is 20.1. The zero-order chi connectivity index (χ0) is 21.1. The molecule has 4 rings (SSSR count). The minimum atomic E-state index is -0.477. The van der Waals surface area contributed by atoms with Crippen LogP contribution in [0, 0.1) is 12.7 Å². The number of thiophene rings is 1. The van der Waals surface area contributed by atoms with Crippen LogP contribution in [0.1, 0.15) is 16.1 Å². The Balaban J connectivity index is 1.49. The van der Waals surface area contributed by atoms with Crippen molar-refractivity contribution in [1.82, 2.24) is 20.1 Å². The number of aromatic nitrogens is 3. The minimum Gasteiger partial charge on any atom is -0.350 e. The molecule has 6 nitrogen and oxygen atoms in total. The number of nitrogens with one attached hydrogen (secondary N) is 1. The van der Waals surface area contributed by atoms with Crippen molar-refractivity contribution >= 4 is 28.6 Å². The molecule has 0 saturated carbocycles. The Kier molecular flexibility index (Phi) is 5.82. The third kappa shape index (κ3) is 4.37. The van der Waals surface area contributed by atoms with Gasteiger partial charge in [0.25, 0.3) is 11.5 Å². The number of aryl methyl sites for hydroxylation is 1. The predicted octanol–water partition coefficient (Wildman–Crippen LogP) is 3.97. The molecule has 30 heavy (non-hydrogen) atoms. The van der Waals surface area contributed by atoms with Crippen molar-refractivity contribution in [3.8, 4) is 20.5 Å². The second-order valence-electron chi connectivity index (χ2n) is 6.46. The molecule has 0 aliphatic heterocycles. The fourth-order valence-electron chi connectivity index (χ4n) is 2.88. The number of carbonyl (C=O) groups excluding carboxylic acids is 1. The molecule has 0 aliphatic carbocycles. The van der Waals surface area contributed by atoms with Crippen molar-refractivity contribution in [3.63, 3.8) is 0 Å². The smallest absolute Gasteiger partial charge is 0.266 e. The Hall–Kier alpha value is -3.17. The van der Waals surface area contributed by atoms with Crippen LogP contribution in [-0.4, -0.2) is 27.2 Å². The van der Waals surface area contributed by atoms with E-state index in [9.17, 15) is 14.0 Å². The summed E-state index contributed by atoms with van der Waals surface area (Å²) in [7, 11) is 0. The summed E-state index contributed by atoms with van der Waals surface area (Å²) in [5.41, 5.74) is 1.47. The molecule has 3 heterocycles. The number of nitrogens with zero attached hydrogens (tertiary/aromatic N) is 3.